The first-order valence-corrected chi connectivity index (χ1v) is 48.4. The van der Waals surface area contributed by atoms with Gasteiger partial charge in [-0.25, -0.2) is 19.2 Å². The Hall–Kier alpha value is -5.30. The summed E-state index contributed by atoms with van der Waals surface area (Å²) in [5.74, 6) is 6.03. The highest BCUT2D eigenvalue weighted by Gasteiger charge is 2.66. The molecule has 0 amide bonds. The minimum absolute atomic E-state index is 0.0141. The number of esters is 10. The molecule has 0 heterocycles. The Morgan fingerprint density at radius 1 is 0.308 bits per heavy atom. The Labute approximate surface area is 722 Å². The fourth-order valence-corrected chi connectivity index (χ4v) is 26.8. The SMILES string of the molecule is CCC(C)(C)C(=O)OCC(=O)OC(C)(C)C1CC2CC1C1C3CCC(C3)C21.CCC(C)(C)C(=O)OCC(=O)OC(CC)(C1CCCCC1)C1CCCCC1.CCC(C)(C)C(=O)OCC(=O)OC(CC)(CC)C12CC3CC(CC(C3)C1)C2.CCC(C)(C)C(=O)OCCOC(=O)C1CCCCC1C(=O)OCC(=O)OC(C)(C)C12CC3CC(CC(C3)C1)C2. The van der Waals surface area contributed by atoms with Gasteiger partial charge in [-0.15, -0.1) is 0 Å². The van der Waals surface area contributed by atoms with Gasteiger partial charge in [-0.3, -0.25) is 28.8 Å². The lowest BCUT2D eigenvalue weighted by molar-refractivity contribution is -0.215. The zero-order valence-electron chi connectivity index (χ0n) is 78.1. The first-order valence-electron chi connectivity index (χ1n) is 48.4. The van der Waals surface area contributed by atoms with E-state index in [-0.39, 0.29) is 85.3 Å². The van der Waals surface area contributed by atoms with E-state index in [1.807, 2.05) is 83.1 Å². The van der Waals surface area contributed by atoms with Crippen molar-refractivity contribution in [1.29, 1.82) is 0 Å². The van der Waals surface area contributed by atoms with E-state index in [4.69, 9.17) is 47.4 Å². The van der Waals surface area contributed by atoms with E-state index in [0.29, 0.717) is 56.3 Å². The quantitative estimate of drug-likeness (QED) is 0.0256. The second-order valence-electron chi connectivity index (χ2n) is 44.2. The lowest BCUT2D eigenvalue weighted by atomic mass is 9.44. The normalized spacial score (nSPS) is 31.1. The Morgan fingerprint density at radius 3 is 1.07 bits per heavy atom. The molecule has 120 heavy (non-hydrogen) atoms. The average molecular weight is 1680 g/mol. The topological polar surface area (TPSA) is 263 Å². The van der Waals surface area contributed by atoms with Crippen LogP contribution in [0.15, 0.2) is 0 Å². The van der Waals surface area contributed by atoms with Gasteiger partial charge < -0.3 is 47.4 Å². The van der Waals surface area contributed by atoms with Crippen molar-refractivity contribution in [2.45, 2.75) is 398 Å². The molecule has 15 rings (SSSR count). The molecule has 15 fully saturated rings. The molecule has 682 valence electrons. The lowest BCUT2D eigenvalue weighted by Gasteiger charge is -2.63. The Kier molecular flexibility index (Phi) is 32.4. The van der Waals surface area contributed by atoms with Gasteiger partial charge in [0.2, 0.25) is 0 Å². The largest absolute Gasteiger partial charge is 0.462 e. The fourth-order valence-electron chi connectivity index (χ4n) is 26.8. The third-order valence-electron chi connectivity index (χ3n) is 34.6. The molecule has 15 saturated carbocycles. The Balaban J connectivity index is 0.000000171. The maximum absolute atomic E-state index is 13.0. The van der Waals surface area contributed by atoms with E-state index in [0.717, 1.165) is 148 Å². The minimum Gasteiger partial charge on any atom is -0.462 e. The van der Waals surface area contributed by atoms with E-state index in [1.165, 1.54) is 128 Å². The van der Waals surface area contributed by atoms with Gasteiger partial charge in [0.05, 0.1) is 33.5 Å². The van der Waals surface area contributed by atoms with Crippen molar-refractivity contribution in [2.24, 2.45) is 133 Å². The van der Waals surface area contributed by atoms with Crippen molar-refractivity contribution in [1.82, 2.24) is 0 Å². The van der Waals surface area contributed by atoms with Crippen molar-refractivity contribution < 1.29 is 95.3 Å². The molecule has 9 atom stereocenters. The van der Waals surface area contributed by atoms with Crippen LogP contribution in [-0.4, -0.2) is 122 Å². The number of rotatable bonds is 33. The summed E-state index contributed by atoms with van der Waals surface area (Å²) in [5.41, 5.74) is -3.99. The zero-order chi connectivity index (χ0) is 87.8. The van der Waals surface area contributed by atoms with E-state index in [9.17, 15) is 47.9 Å². The standard InChI is InChI=1S/C31H48O8.C23H36O4.C23H38O4.C23H40O4/c1-6-29(2,3)28(35)37-12-11-36-26(33)23-9-7-8-10-24(23)27(34)38-19-25(32)39-30(4,5)31-16-20-13-21(17-31)15-22(14-20)18-31;1-6-22(2,3)21(25)26-12-18(24)27-23(4,5)17-11-15-10-16(17)20-14-8-7-13(9-14)19(15)20;1-6-21(4,5)20(25)26-15-19(24)27-23(7-2,8-3)22-12-16-9-17(13-22)11-18(10-16)14-22;1-5-22(3,4)21(25)26-17-20(24)27-23(6-2,18-13-9-7-10-14-18)19-15-11-8-12-16-19/h20-24H,6-19H2,1-5H3;13-17,19-20H,6-12H2,1-5H3;16-18H,6-15H2,1-5H3;18-19H,5-17H2,1-4H3. The van der Waals surface area contributed by atoms with Gasteiger partial charge in [-0.05, 0) is 359 Å². The van der Waals surface area contributed by atoms with Crippen LogP contribution in [0.4, 0.5) is 0 Å². The maximum atomic E-state index is 13.0. The molecule has 0 aliphatic heterocycles. The molecular formula is C100H162O20. The van der Waals surface area contributed by atoms with Crippen molar-refractivity contribution in [3.63, 3.8) is 0 Å². The minimum atomic E-state index is -0.656. The molecule has 15 aliphatic carbocycles. The Bertz CT molecular complexity index is 3410. The smallest absolute Gasteiger partial charge is 0.344 e. The monoisotopic (exact) mass is 1680 g/mol. The first kappa shape index (κ1) is 96.9. The van der Waals surface area contributed by atoms with Gasteiger partial charge in [-0.2, -0.15) is 0 Å². The van der Waals surface area contributed by atoms with E-state index in [2.05, 4.69) is 34.6 Å². The summed E-state index contributed by atoms with van der Waals surface area (Å²) in [4.78, 5) is 125. The fraction of sp³-hybridized carbons (Fsp3) is 0.900. The van der Waals surface area contributed by atoms with Gasteiger partial charge in [0.1, 0.15) is 35.6 Å². The van der Waals surface area contributed by atoms with E-state index < -0.39 is 80.8 Å². The number of carbonyl (C=O) groups is 10. The maximum Gasteiger partial charge on any atom is 0.344 e. The number of carbonyl (C=O) groups excluding carboxylic acids is 10. The van der Waals surface area contributed by atoms with Crippen LogP contribution >= 0.6 is 0 Å². The molecule has 15 aliphatic rings. The summed E-state index contributed by atoms with van der Waals surface area (Å²) in [7, 11) is 0. The summed E-state index contributed by atoms with van der Waals surface area (Å²) in [6.45, 7) is 35.7. The summed E-state index contributed by atoms with van der Waals surface area (Å²) in [6, 6.07) is 0. The molecule has 0 aromatic carbocycles. The molecule has 0 saturated heterocycles. The zero-order valence-corrected chi connectivity index (χ0v) is 78.1. The van der Waals surface area contributed by atoms with E-state index in [1.54, 1.807) is 13.8 Å². The van der Waals surface area contributed by atoms with Gasteiger partial charge in [0.25, 0.3) is 0 Å². The van der Waals surface area contributed by atoms with Gasteiger partial charge in [0.15, 0.2) is 26.4 Å². The highest BCUT2D eigenvalue weighted by molar-refractivity contribution is 5.85. The van der Waals surface area contributed by atoms with Crippen LogP contribution in [0.3, 0.4) is 0 Å². The molecule has 0 spiro atoms. The molecule has 12 bridgehead atoms. The van der Waals surface area contributed by atoms with Crippen molar-refractivity contribution in [3.05, 3.63) is 0 Å². The molecule has 20 nitrogen and oxygen atoms in total. The first-order chi connectivity index (χ1) is 56.5. The summed E-state index contributed by atoms with van der Waals surface area (Å²) < 4.78 is 56.2. The van der Waals surface area contributed by atoms with Crippen molar-refractivity contribution in [2.75, 3.05) is 39.6 Å². The second-order valence-corrected chi connectivity index (χ2v) is 44.2. The van der Waals surface area contributed by atoms with Gasteiger partial charge in [0, 0.05) is 16.7 Å². The number of ether oxygens (including phenoxy) is 10. The van der Waals surface area contributed by atoms with Crippen molar-refractivity contribution >= 4 is 59.7 Å². The molecule has 0 aromatic heterocycles. The lowest BCUT2D eigenvalue weighted by Crippen LogP contribution is -2.59. The summed E-state index contributed by atoms with van der Waals surface area (Å²) >= 11 is 0. The molecule has 0 aromatic rings. The van der Waals surface area contributed by atoms with Crippen molar-refractivity contribution in [3.8, 4) is 0 Å². The third-order valence-corrected chi connectivity index (χ3v) is 34.6. The third kappa shape index (κ3) is 22.0. The highest BCUT2D eigenvalue weighted by Crippen LogP contribution is 2.71. The van der Waals surface area contributed by atoms with Crippen LogP contribution in [0, 0.1) is 133 Å². The van der Waals surface area contributed by atoms with Crippen LogP contribution in [-0.2, 0) is 95.3 Å². The summed E-state index contributed by atoms with van der Waals surface area (Å²) in [5, 5.41) is 0. The molecule has 20 heteroatoms. The van der Waals surface area contributed by atoms with Gasteiger partial charge >= 0.3 is 59.7 Å². The van der Waals surface area contributed by atoms with Crippen LogP contribution in [0.5, 0.6) is 0 Å². The van der Waals surface area contributed by atoms with Crippen LogP contribution in [0.25, 0.3) is 0 Å². The summed E-state index contributed by atoms with van der Waals surface area (Å²) in [6.07, 6.45) is 41.9. The molecule has 9 unspecified atom stereocenters. The predicted molar refractivity (Wildman–Crippen MR) is 458 cm³/mol. The van der Waals surface area contributed by atoms with Crippen LogP contribution < -0.4 is 0 Å². The molecule has 0 N–H and O–H groups in total. The average Bonchev–Trinajstić information content (AvgIpc) is 1.46. The number of hydrogen-bond donors (Lipinski definition) is 0. The second kappa shape index (κ2) is 40.1. The molecule has 0 radical (unpaired) electrons. The van der Waals surface area contributed by atoms with Crippen LogP contribution in [0.2, 0.25) is 0 Å². The van der Waals surface area contributed by atoms with Gasteiger partial charge in [-0.1, -0.05) is 99.8 Å². The van der Waals surface area contributed by atoms with Crippen LogP contribution in [0.1, 0.15) is 376 Å². The van der Waals surface area contributed by atoms with E-state index >= 15 is 0 Å². The number of fused-ring (bicyclic) bond motifs is 9. The Morgan fingerprint density at radius 2 is 0.658 bits per heavy atom. The number of hydrogen-bond acceptors (Lipinski definition) is 20. The predicted octanol–water partition coefficient (Wildman–Crippen LogP) is 21.1. The highest BCUT2D eigenvalue weighted by atomic mass is 16.6. The molecular weight excluding hydrogens is 1520 g/mol.